The Balaban J connectivity index is 1.59. The number of nitrogens with one attached hydrogen (secondary N) is 1. The molecule has 0 fully saturated rings. The summed E-state index contributed by atoms with van der Waals surface area (Å²) in [4.78, 5) is 35.2. The molecule has 4 rings (SSSR count). The summed E-state index contributed by atoms with van der Waals surface area (Å²) in [5.74, 6) is -0.747. The Morgan fingerprint density at radius 2 is 2.12 bits per heavy atom. The SMILES string of the molecule is Cc1sc2ncn(CC(=O)Nc3nc4ccc(F)cc4s3)c(=O)c2c1C. The molecule has 4 aromatic rings. The normalized spacial score (nSPS) is 11.3. The smallest absolute Gasteiger partial charge is 0.262 e. The minimum atomic E-state index is -0.391. The number of nitrogens with zero attached hydrogens (tertiary/aromatic N) is 3. The molecule has 0 aliphatic heterocycles. The van der Waals surface area contributed by atoms with Crippen LogP contribution in [0.3, 0.4) is 0 Å². The number of aryl methyl sites for hydroxylation is 2. The van der Waals surface area contributed by atoms with Crippen LogP contribution in [0, 0.1) is 19.7 Å². The molecule has 9 heteroatoms. The quantitative estimate of drug-likeness (QED) is 0.583. The summed E-state index contributed by atoms with van der Waals surface area (Å²) in [6.07, 6.45) is 1.38. The predicted molar refractivity (Wildman–Crippen MR) is 102 cm³/mol. The van der Waals surface area contributed by atoms with Gasteiger partial charge in [-0.15, -0.1) is 11.3 Å². The third-order valence-electron chi connectivity index (χ3n) is 4.07. The van der Waals surface area contributed by atoms with Gasteiger partial charge in [0.1, 0.15) is 17.2 Å². The summed E-state index contributed by atoms with van der Waals surface area (Å²) in [6.45, 7) is 3.65. The van der Waals surface area contributed by atoms with Gasteiger partial charge in [-0.2, -0.15) is 0 Å². The van der Waals surface area contributed by atoms with E-state index in [-0.39, 0.29) is 17.9 Å². The molecule has 0 unspecified atom stereocenters. The maximum Gasteiger partial charge on any atom is 0.262 e. The van der Waals surface area contributed by atoms with Crippen LogP contribution in [0.1, 0.15) is 10.4 Å². The van der Waals surface area contributed by atoms with Crippen molar-refractivity contribution in [3.8, 4) is 0 Å². The molecule has 3 heterocycles. The lowest BCUT2D eigenvalue weighted by Crippen LogP contribution is -2.27. The van der Waals surface area contributed by atoms with Crippen molar-refractivity contribution in [3.05, 3.63) is 51.1 Å². The number of fused-ring (bicyclic) bond motifs is 2. The number of thiophene rings is 1. The molecule has 0 aliphatic carbocycles. The summed E-state index contributed by atoms with van der Waals surface area (Å²) in [5.41, 5.74) is 1.26. The fourth-order valence-electron chi connectivity index (χ4n) is 2.65. The van der Waals surface area contributed by atoms with E-state index >= 15 is 0 Å². The first-order valence-electron chi connectivity index (χ1n) is 7.73. The molecular formula is C17H13FN4O2S2. The van der Waals surface area contributed by atoms with Gasteiger partial charge in [0, 0.05) is 4.88 Å². The van der Waals surface area contributed by atoms with Gasteiger partial charge in [-0.1, -0.05) is 11.3 Å². The zero-order valence-corrected chi connectivity index (χ0v) is 15.5. The number of halogens is 1. The zero-order valence-electron chi connectivity index (χ0n) is 13.9. The van der Waals surface area contributed by atoms with E-state index in [1.807, 2.05) is 13.8 Å². The first-order chi connectivity index (χ1) is 12.4. The maximum atomic E-state index is 13.2. The highest BCUT2D eigenvalue weighted by molar-refractivity contribution is 7.22. The van der Waals surface area contributed by atoms with Crippen molar-refractivity contribution in [1.29, 1.82) is 0 Å². The highest BCUT2D eigenvalue weighted by Crippen LogP contribution is 2.27. The molecule has 1 aromatic carbocycles. The van der Waals surface area contributed by atoms with Crippen molar-refractivity contribution >= 4 is 54.1 Å². The average molecular weight is 388 g/mol. The van der Waals surface area contributed by atoms with Gasteiger partial charge in [-0.25, -0.2) is 14.4 Å². The largest absolute Gasteiger partial charge is 0.300 e. The molecule has 3 aromatic heterocycles. The second-order valence-electron chi connectivity index (χ2n) is 5.82. The highest BCUT2D eigenvalue weighted by atomic mass is 32.1. The van der Waals surface area contributed by atoms with Crippen LogP contribution >= 0.6 is 22.7 Å². The summed E-state index contributed by atoms with van der Waals surface area (Å²) in [5, 5.41) is 3.57. The molecule has 1 amide bonds. The number of hydrogen-bond donors (Lipinski definition) is 1. The van der Waals surface area contributed by atoms with Crippen molar-refractivity contribution < 1.29 is 9.18 Å². The van der Waals surface area contributed by atoms with Crippen molar-refractivity contribution in [1.82, 2.24) is 14.5 Å². The van der Waals surface area contributed by atoms with Crippen LogP contribution in [0.4, 0.5) is 9.52 Å². The van der Waals surface area contributed by atoms with Gasteiger partial charge in [0.25, 0.3) is 5.56 Å². The monoisotopic (exact) mass is 388 g/mol. The Labute approximate surface area is 154 Å². The predicted octanol–water partition coefficient (Wildman–Crippen LogP) is 3.46. The van der Waals surface area contributed by atoms with Crippen molar-refractivity contribution in [2.75, 3.05) is 5.32 Å². The van der Waals surface area contributed by atoms with Crippen LogP contribution in [0.15, 0.2) is 29.3 Å². The number of anilines is 1. The van der Waals surface area contributed by atoms with Gasteiger partial charge in [-0.05, 0) is 37.6 Å². The summed E-state index contributed by atoms with van der Waals surface area (Å²) in [7, 11) is 0. The van der Waals surface area contributed by atoms with Gasteiger partial charge < -0.3 is 5.32 Å². The molecule has 0 spiro atoms. The number of thiazole rings is 1. The van der Waals surface area contributed by atoms with E-state index in [0.717, 1.165) is 10.4 Å². The molecule has 0 aliphatic rings. The van der Waals surface area contributed by atoms with E-state index in [1.165, 1.54) is 45.7 Å². The Hall–Kier alpha value is -2.65. The van der Waals surface area contributed by atoms with E-state index in [4.69, 9.17) is 0 Å². The summed E-state index contributed by atoms with van der Waals surface area (Å²) in [6, 6.07) is 4.24. The number of benzene rings is 1. The van der Waals surface area contributed by atoms with E-state index in [9.17, 15) is 14.0 Å². The zero-order chi connectivity index (χ0) is 18.4. The molecule has 1 N–H and O–H groups in total. The molecule has 0 bridgehead atoms. The highest BCUT2D eigenvalue weighted by Gasteiger charge is 2.14. The second-order valence-corrected chi connectivity index (χ2v) is 8.05. The molecular weight excluding hydrogens is 375 g/mol. The van der Waals surface area contributed by atoms with Crippen LogP contribution in [0.5, 0.6) is 0 Å². The second kappa shape index (κ2) is 6.26. The maximum absolute atomic E-state index is 13.2. The average Bonchev–Trinajstić information content (AvgIpc) is 3.10. The molecule has 132 valence electrons. The number of amides is 1. The van der Waals surface area contributed by atoms with Crippen LogP contribution in [0.25, 0.3) is 20.4 Å². The van der Waals surface area contributed by atoms with Crippen LogP contribution < -0.4 is 10.9 Å². The Kier molecular flexibility index (Phi) is 4.04. The minimum absolute atomic E-state index is 0.166. The minimum Gasteiger partial charge on any atom is -0.300 e. The lowest BCUT2D eigenvalue weighted by atomic mass is 10.2. The van der Waals surface area contributed by atoms with Gasteiger partial charge >= 0.3 is 0 Å². The number of carbonyl (C=O) groups excluding carboxylic acids is 1. The van der Waals surface area contributed by atoms with Crippen LogP contribution in [0.2, 0.25) is 0 Å². The first kappa shape index (κ1) is 16.8. The van der Waals surface area contributed by atoms with Crippen molar-refractivity contribution in [3.63, 3.8) is 0 Å². The van der Waals surface area contributed by atoms with Gasteiger partial charge in [0.05, 0.1) is 21.9 Å². The van der Waals surface area contributed by atoms with Gasteiger partial charge in [0.2, 0.25) is 5.91 Å². The van der Waals surface area contributed by atoms with E-state index in [1.54, 1.807) is 6.07 Å². The number of carbonyl (C=O) groups is 1. The lowest BCUT2D eigenvalue weighted by Gasteiger charge is -2.05. The molecule has 0 radical (unpaired) electrons. The molecule has 6 nitrogen and oxygen atoms in total. The lowest BCUT2D eigenvalue weighted by molar-refractivity contribution is -0.116. The fraction of sp³-hybridized carbons (Fsp3) is 0.176. The van der Waals surface area contributed by atoms with Crippen LogP contribution in [-0.4, -0.2) is 20.4 Å². The van der Waals surface area contributed by atoms with Crippen molar-refractivity contribution in [2.45, 2.75) is 20.4 Å². The van der Waals surface area contributed by atoms with Crippen LogP contribution in [-0.2, 0) is 11.3 Å². The molecule has 0 atom stereocenters. The molecule has 0 saturated heterocycles. The van der Waals surface area contributed by atoms with E-state index in [2.05, 4.69) is 15.3 Å². The third kappa shape index (κ3) is 2.89. The Morgan fingerprint density at radius 3 is 2.92 bits per heavy atom. The summed E-state index contributed by atoms with van der Waals surface area (Å²) >= 11 is 2.64. The summed E-state index contributed by atoms with van der Waals surface area (Å²) < 4.78 is 15.2. The van der Waals surface area contributed by atoms with Crippen molar-refractivity contribution in [2.24, 2.45) is 0 Å². The fourth-order valence-corrected chi connectivity index (χ4v) is 4.54. The standard InChI is InChI=1S/C17H13FN4O2S2/c1-8-9(2)25-15-14(8)16(24)22(7-19-15)6-13(23)21-17-20-11-4-3-10(18)5-12(11)26-17/h3-5,7H,6H2,1-2H3,(H,20,21,23). The van der Waals surface area contributed by atoms with Gasteiger partial charge in [-0.3, -0.25) is 14.2 Å². The third-order valence-corrected chi connectivity index (χ3v) is 6.12. The first-order valence-corrected chi connectivity index (χ1v) is 9.37. The number of hydrogen-bond acceptors (Lipinski definition) is 6. The van der Waals surface area contributed by atoms with E-state index in [0.29, 0.717) is 25.6 Å². The number of rotatable bonds is 3. The Bertz CT molecular complexity index is 1220. The van der Waals surface area contributed by atoms with E-state index < -0.39 is 5.91 Å². The topological polar surface area (TPSA) is 76.9 Å². The number of aromatic nitrogens is 3. The van der Waals surface area contributed by atoms with Gasteiger partial charge in [0.15, 0.2) is 5.13 Å². The molecule has 26 heavy (non-hydrogen) atoms. The molecule has 0 saturated carbocycles. The Morgan fingerprint density at radius 1 is 1.31 bits per heavy atom.